The van der Waals surface area contributed by atoms with Crippen molar-refractivity contribution in [2.24, 2.45) is 0 Å². The number of fused-ring (bicyclic) bond motifs is 3. The second-order valence-corrected chi connectivity index (χ2v) is 11.9. The van der Waals surface area contributed by atoms with Crippen molar-refractivity contribution in [3.05, 3.63) is 51.7 Å². The van der Waals surface area contributed by atoms with E-state index in [9.17, 15) is 15.0 Å². The van der Waals surface area contributed by atoms with E-state index in [1.807, 2.05) is 13.0 Å². The topological polar surface area (TPSA) is 113 Å². The van der Waals surface area contributed by atoms with Crippen molar-refractivity contribution < 1.29 is 19.3 Å². The summed E-state index contributed by atoms with van der Waals surface area (Å²) in [5.74, 6) is -0.331. The van der Waals surface area contributed by atoms with Gasteiger partial charge in [-0.1, -0.05) is 6.07 Å². The van der Waals surface area contributed by atoms with Gasteiger partial charge in [-0.25, -0.2) is 14.4 Å². The molecule has 0 saturated carbocycles. The van der Waals surface area contributed by atoms with Crippen LogP contribution in [0.4, 0.5) is 10.3 Å². The molecule has 3 N–H and O–H groups in total. The highest BCUT2D eigenvalue weighted by atomic mass is 19.1. The van der Waals surface area contributed by atoms with E-state index in [1.165, 1.54) is 0 Å². The number of piperidine rings is 1. The van der Waals surface area contributed by atoms with E-state index in [-0.39, 0.29) is 41.9 Å². The van der Waals surface area contributed by atoms with Crippen molar-refractivity contribution in [2.45, 2.75) is 95.8 Å². The minimum Gasteiger partial charge on any atom is -0.393 e. The Bertz CT molecular complexity index is 1460. The maximum Gasteiger partial charge on any atom is 0.223 e. The first-order chi connectivity index (χ1) is 19.2. The number of pyridine rings is 1. The van der Waals surface area contributed by atoms with Gasteiger partial charge in [-0.05, 0) is 65.0 Å². The molecule has 4 atom stereocenters. The Kier molecular flexibility index (Phi) is 7.37. The van der Waals surface area contributed by atoms with Crippen LogP contribution in [0.2, 0.25) is 0 Å². The predicted molar refractivity (Wildman–Crippen MR) is 151 cm³/mol. The Morgan fingerprint density at radius 2 is 1.93 bits per heavy atom. The number of nitrogens with zero attached hydrogens (tertiary/aromatic N) is 4. The molecule has 0 spiro atoms. The minimum absolute atomic E-state index is 0.0168. The summed E-state index contributed by atoms with van der Waals surface area (Å²) < 4.78 is 22.6. The van der Waals surface area contributed by atoms with Crippen LogP contribution in [0, 0.1) is 12.7 Å². The third-order valence-electron chi connectivity index (χ3n) is 8.93. The van der Waals surface area contributed by atoms with Gasteiger partial charge in [0.2, 0.25) is 5.95 Å². The number of hydrogen-bond donors (Lipinski definition) is 3. The van der Waals surface area contributed by atoms with Crippen LogP contribution in [0.15, 0.2) is 29.2 Å². The highest BCUT2D eigenvalue weighted by Crippen LogP contribution is 2.38. The molecule has 2 unspecified atom stereocenters. The van der Waals surface area contributed by atoms with E-state index in [0.717, 1.165) is 48.7 Å². The second kappa shape index (κ2) is 10.8. The fraction of sp³-hybridized carbons (Fsp3) is 0.567. The van der Waals surface area contributed by atoms with Gasteiger partial charge in [0.05, 0.1) is 36.6 Å². The molecular weight excluding hydrogens is 513 g/mol. The van der Waals surface area contributed by atoms with Crippen LogP contribution in [0.3, 0.4) is 0 Å². The van der Waals surface area contributed by atoms with Crippen LogP contribution < -0.4 is 10.7 Å². The Labute approximate surface area is 233 Å². The van der Waals surface area contributed by atoms with Gasteiger partial charge >= 0.3 is 0 Å². The van der Waals surface area contributed by atoms with Crippen molar-refractivity contribution in [3.63, 3.8) is 0 Å². The standard InChI is InChI=1S/C30H38FN5O4/c1-16(2)36-25-10-18(28-23(31)13-32-30(34-28)33-24-8-9-40-15-27(24)38)4-7-22(25)29(39)17(3)26(36)14-35-19-5-6-20(35)12-21(37)11-19/h4,7,10,13,16,19-21,24,27,37-38H,5-6,8-9,11-12,14-15H2,1-3H3,(H,32,33,34)/t19?,20?,21?,24-,27-/m1/s1. The number of hydrogen-bond acceptors (Lipinski definition) is 8. The zero-order valence-electron chi connectivity index (χ0n) is 23.3. The summed E-state index contributed by atoms with van der Waals surface area (Å²) in [4.78, 5) is 24.6. The van der Waals surface area contributed by atoms with Crippen LogP contribution in [-0.4, -0.2) is 73.2 Å². The Morgan fingerprint density at radius 3 is 2.62 bits per heavy atom. The van der Waals surface area contributed by atoms with Crippen LogP contribution in [0.1, 0.15) is 63.3 Å². The third kappa shape index (κ3) is 4.91. The van der Waals surface area contributed by atoms with Gasteiger partial charge in [0.25, 0.3) is 0 Å². The molecule has 0 amide bonds. The SMILES string of the molecule is Cc1c(CN2C3CCC2CC(O)C3)n(C(C)C)c2cc(-c3nc(N[C@@H]4CCOC[C@H]4O)ncc3F)ccc2c1=O. The van der Waals surface area contributed by atoms with Gasteiger partial charge in [0.15, 0.2) is 11.2 Å². The maximum atomic E-state index is 15.1. The number of aromatic nitrogens is 3. The van der Waals surface area contributed by atoms with Gasteiger partial charge in [0, 0.05) is 53.5 Å². The lowest BCUT2D eigenvalue weighted by Crippen LogP contribution is -2.45. The Morgan fingerprint density at radius 1 is 1.18 bits per heavy atom. The number of aliphatic hydroxyl groups is 2. The number of aliphatic hydroxyl groups excluding tert-OH is 2. The fourth-order valence-electron chi connectivity index (χ4n) is 6.89. The molecule has 0 radical (unpaired) electrons. The first-order valence-electron chi connectivity index (χ1n) is 14.4. The van der Waals surface area contributed by atoms with E-state index in [2.05, 4.69) is 38.6 Å². The summed E-state index contributed by atoms with van der Waals surface area (Å²) in [6.07, 6.45) is 4.45. The zero-order chi connectivity index (χ0) is 28.1. The van der Waals surface area contributed by atoms with E-state index in [1.54, 1.807) is 12.1 Å². The molecule has 3 saturated heterocycles. The molecule has 3 fully saturated rings. The number of halogens is 1. The quantitative estimate of drug-likeness (QED) is 0.427. The maximum absolute atomic E-state index is 15.1. The third-order valence-corrected chi connectivity index (χ3v) is 8.93. The van der Waals surface area contributed by atoms with Gasteiger partial charge in [-0.3, -0.25) is 9.69 Å². The van der Waals surface area contributed by atoms with Crippen LogP contribution >= 0.6 is 0 Å². The van der Waals surface area contributed by atoms with E-state index in [4.69, 9.17) is 4.74 Å². The molecule has 1 aromatic carbocycles. The molecule has 3 aliphatic rings. The highest BCUT2D eigenvalue weighted by molar-refractivity contribution is 5.85. The Balaban J connectivity index is 1.41. The molecule has 2 bridgehead atoms. The normalized spacial score (nSPS) is 27.0. The van der Waals surface area contributed by atoms with Crippen molar-refractivity contribution in [3.8, 4) is 11.3 Å². The van der Waals surface area contributed by atoms with Crippen molar-refractivity contribution in [1.82, 2.24) is 19.4 Å². The molecule has 40 heavy (non-hydrogen) atoms. The molecule has 10 heteroatoms. The summed E-state index contributed by atoms with van der Waals surface area (Å²) in [5.41, 5.74) is 3.11. The summed E-state index contributed by atoms with van der Waals surface area (Å²) in [6.45, 7) is 7.48. The lowest BCUT2D eigenvalue weighted by atomic mass is 9.98. The van der Waals surface area contributed by atoms with Crippen LogP contribution in [0.5, 0.6) is 0 Å². The monoisotopic (exact) mass is 551 g/mol. The molecule has 5 heterocycles. The largest absolute Gasteiger partial charge is 0.393 e. The van der Waals surface area contributed by atoms with Gasteiger partial charge in [-0.15, -0.1) is 0 Å². The number of benzene rings is 1. The first-order valence-corrected chi connectivity index (χ1v) is 14.4. The van der Waals surface area contributed by atoms with Crippen molar-refractivity contribution in [2.75, 3.05) is 18.5 Å². The van der Waals surface area contributed by atoms with Gasteiger partial charge < -0.3 is 24.8 Å². The van der Waals surface area contributed by atoms with Crippen molar-refractivity contribution in [1.29, 1.82) is 0 Å². The number of nitrogens with one attached hydrogen (secondary N) is 1. The van der Waals surface area contributed by atoms with Crippen LogP contribution in [0.25, 0.3) is 22.2 Å². The molecule has 3 aromatic rings. The fourth-order valence-corrected chi connectivity index (χ4v) is 6.89. The number of ether oxygens (including phenoxy) is 1. The van der Waals surface area contributed by atoms with Gasteiger partial charge in [0.1, 0.15) is 5.69 Å². The smallest absolute Gasteiger partial charge is 0.223 e. The summed E-state index contributed by atoms with van der Waals surface area (Å²) in [5, 5.41) is 24.3. The minimum atomic E-state index is -0.702. The molecule has 214 valence electrons. The molecule has 0 aliphatic carbocycles. The second-order valence-electron chi connectivity index (χ2n) is 11.9. The van der Waals surface area contributed by atoms with Crippen molar-refractivity contribution >= 4 is 16.9 Å². The first kappa shape index (κ1) is 27.3. The zero-order valence-corrected chi connectivity index (χ0v) is 23.3. The van der Waals surface area contributed by atoms with Crippen LogP contribution in [-0.2, 0) is 11.3 Å². The molecular formula is C30H38FN5O4. The Hall–Kier alpha value is -2.92. The number of rotatable bonds is 6. The molecule has 3 aliphatic heterocycles. The highest BCUT2D eigenvalue weighted by Gasteiger charge is 2.40. The molecule has 6 rings (SSSR count). The average Bonchev–Trinajstić information content (AvgIpc) is 3.16. The van der Waals surface area contributed by atoms with E-state index >= 15 is 4.39 Å². The molecule has 2 aromatic heterocycles. The van der Waals surface area contributed by atoms with E-state index in [0.29, 0.717) is 42.6 Å². The molecule has 9 nitrogen and oxygen atoms in total. The average molecular weight is 552 g/mol. The van der Waals surface area contributed by atoms with Gasteiger partial charge in [-0.2, -0.15) is 0 Å². The predicted octanol–water partition coefficient (Wildman–Crippen LogP) is 3.54. The van der Waals surface area contributed by atoms with E-state index < -0.39 is 11.9 Å². The summed E-state index contributed by atoms with van der Waals surface area (Å²) in [6, 6.07) is 5.77. The number of anilines is 1. The lowest BCUT2D eigenvalue weighted by molar-refractivity contribution is -0.0136. The lowest BCUT2D eigenvalue weighted by Gasteiger charge is -2.38. The summed E-state index contributed by atoms with van der Waals surface area (Å²) in [7, 11) is 0. The summed E-state index contributed by atoms with van der Waals surface area (Å²) >= 11 is 0.